The lowest BCUT2D eigenvalue weighted by atomic mass is 10.1. The van der Waals surface area contributed by atoms with Gasteiger partial charge in [0, 0.05) is 17.7 Å². The van der Waals surface area contributed by atoms with Crippen LogP contribution in [0.2, 0.25) is 0 Å². The lowest BCUT2D eigenvalue weighted by molar-refractivity contribution is 0.527. The maximum absolute atomic E-state index is 13.1. The number of halogens is 2. The van der Waals surface area contributed by atoms with Crippen LogP contribution in [0.3, 0.4) is 0 Å². The molecular formula is C10H13F2N. The highest BCUT2D eigenvalue weighted by Crippen LogP contribution is 2.17. The zero-order valence-corrected chi connectivity index (χ0v) is 7.77. The first-order valence-electron chi connectivity index (χ1n) is 4.33. The van der Waals surface area contributed by atoms with Crippen molar-refractivity contribution in [2.75, 3.05) is 6.54 Å². The summed E-state index contributed by atoms with van der Waals surface area (Å²) in [7, 11) is 0. The zero-order valence-electron chi connectivity index (χ0n) is 7.77. The Kier molecular flexibility index (Phi) is 3.37. The normalized spacial score (nSPS) is 12.9. The first-order valence-corrected chi connectivity index (χ1v) is 4.33. The van der Waals surface area contributed by atoms with E-state index in [2.05, 4.69) is 5.32 Å². The molecule has 1 atom stereocenters. The van der Waals surface area contributed by atoms with Crippen molar-refractivity contribution in [1.29, 1.82) is 0 Å². The van der Waals surface area contributed by atoms with E-state index in [0.29, 0.717) is 5.56 Å². The van der Waals surface area contributed by atoms with Gasteiger partial charge in [0.05, 0.1) is 0 Å². The van der Waals surface area contributed by atoms with Crippen LogP contribution in [0.15, 0.2) is 18.2 Å². The van der Waals surface area contributed by atoms with Gasteiger partial charge >= 0.3 is 0 Å². The molecule has 0 amide bonds. The summed E-state index contributed by atoms with van der Waals surface area (Å²) in [5, 5.41) is 3.06. The minimum absolute atomic E-state index is 0.0781. The molecule has 0 radical (unpaired) electrons. The fourth-order valence-corrected chi connectivity index (χ4v) is 1.27. The summed E-state index contributed by atoms with van der Waals surface area (Å²) in [6, 6.07) is 3.57. The Morgan fingerprint density at radius 1 is 1.38 bits per heavy atom. The van der Waals surface area contributed by atoms with E-state index in [1.54, 1.807) is 0 Å². The van der Waals surface area contributed by atoms with Gasteiger partial charge in [-0.1, -0.05) is 13.0 Å². The van der Waals surface area contributed by atoms with Crippen LogP contribution in [-0.4, -0.2) is 6.54 Å². The molecule has 0 fully saturated rings. The molecule has 0 aliphatic heterocycles. The minimum Gasteiger partial charge on any atom is -0.310 e. The summed E-state index contributed by atoms with van der Waals surface area (Å²) in [5.74, 6) is -1.03. The average Bonchev–Trinajstić information content (AvgIpc) is 2.04. The predicted octanol–water partition coefficient (Wildman–Crippen LogP) is 2.64. The molecule has 3 heteroatoms. The van der Waals surface area contributed by atoms with Crippen LogP contribution in [0, 0.1) is 11.6 Å². The van der Waals surface area contributed by atoms with Crippen LogP contribution in [0.1, 0.15) is 25.5 Å². The molecule has 1 aromatic rings. The molecule has 0 aliphatic carbocycles. The zero-order chi connectivity index (χ0) is 9.84. The number of hydrogen-bond acceptors (Lipinski definition) is 1. The Morgan fingerprint density at radius 3 is 2.62 bits per heavy atom. The SMILES string of the molecule is CCN[C@H](C)c1ccc(F)cc1F. The number of benzene rings is 1. The molecule has 0 spiro atoms. The monoisotopic (exact) mass is 185 g/mol. The van der Waals surface area contributed by atoms with Gasteiger partial charge in [0.2, 0.25) is 0 Å². The maximum Gasteiger partial charge on any atom is 0.130 e. The quantitative estimate of drug-likeness (QED) is 0.763. The summed E-state index contributed by atoms with van der Waals surface area (Å²) in [6.07, 6.45) is 0. The van der Waals surface area contributed by atoms with Gasteiger partial charge in [0.15, 0.2) is 0 Å². The fourth-order valence-electron chi connectivity index (χ4n) is 1.27. The molecule has 0 saturated heterocycles. The van der Waals surface area contributed by atoms with Crippen LogP contribution >= 0.6 is 0 Å². The van der Waals surface area contributed by atoms with Crippen molar-refractivity contribution in [2.45, 2.75) is 19.9 Å². The molecule has 1 N–H and O–H groups in total. The molecule has 1 rings (SSSR count). The molecule has 1 nitrogen and oxygen atoms in total. The molecule has 0 unspecified atom stereocenters. The van der Waals surface area contributed by atoms with Crippen molar-refractivity contribution in [3.63, 3.8) is 0 Å². The van der Waals surface area contributed by atoms with E-state index in [4.69, 9.17) is 0 Å². The first-order chi connectivity index (χ1) is 6.15. The molecule has 0 saturated carbocycles. The van der Waals surface area contributed by atoms with Gasteiger partial charge in [-0.15, -0.1) is 0 Å². The van der Waals surface area contributed by atoms with Crippen molar-refractivity contribution in [1.82, 2.24) is 5.32 Å². The second kappa shape index (κ2) is 4.33. The van der Waals surface area contributed by atoms with Crippen LogP contribution in [-0.2, 0) is 0 Å². The van der Waals surface area contributed by atoms with Crippen molar-refractivity contribution in [2.24, 2.45) is 0 Å². The Bertz CT molecular complexity index is 286. The van der Waals surface area contributed by atoms with Crippen molar-refractivity contribution >= 4 is 0 Å². The number of rotatable bonds is 3. The highest BCUT2D eigenvalue weighted by atomic mass is 19.1. The van der Waals surface area contributed by atoms with E-state index in [1.165, 1.54) is 12.1 Å². The maximum atomic E-state index is 13.1. The van der Waals surface area contributed by atoms with Gasteiger partial charge in [-0.2, -0.15) is 0 Å². The van der Waals surface area contributed by atoms with E-state index in [0.717, 1.165) is 12.6 Å². The smallest absolute Gasteiger partial charge is 0.130 e. The van der Waals surface area contributed by atoms with Crippen molar-refractivity contribution in [3.05, 3.63) is 35.4 Å². The third-order valence-corrected chi connectivity index (χ3v) is 1.94. The van der Waals surface area contributed by atoms with E-state index in [9.17, 15) is 8.78 Å². The Labute approximate surface area is 76.8 Å². The Morgan fingerprint density at radius 2 is 2.08 bits per heavy atom. The second-order valence-corrected chi connectivity index (χ2v) is 2.95. The molecule has 0 aromatic heterocycles. The van der Waals surface area contributed by atoms with Crippen LogP contribution < -0.4 is 5.32 Å². The van der Waals surface area contributed by atoms with Gasteiger partial charge < -0.3 is 5.32 Å². The number of nitrogens with one attached hydrogen (secondary N) is 1. The van der Waals surface area contributed by atoms with Gasteiger partial charge in [0.25, 0.3) is 0 Å². The van der Waals surface area contributed by atoms with E-state index in [1.807, 2.05) is 13.8 Å². The predicted molar refractivity (Wildman–Crippen MR) is 48.4 cm³/mol. The lowest BCUT2D eigenvalue weighted by Gasteiger charge is -2.13. The average molecular weight is 185 g/mol. The summed E-state index contributed by atoms with van der Waals surface area (Å²) >= 11 is 0. The molecule has 0 heterocycles. The minimum atomic E-state index is -0.537. The van der Waals surface area contributed by atoms with Crippen molar-refractivity contribution in [3.8, 4) is 0 Å². The molecule has 0 bridgehead atoms. The summed E-state index contributed by atoms with van der Waals surface area (Å²) in [4.78, 5) is 0. The molecule has 0 aliphatic rings. The standard InChI is InChI=1S/C10H13F2N/c1-3-13-7(2)9-5-4-8(11)6-10(9)12/h4-7,13H,3H2,1-2H3/t7-/m1/s1. The van der Waals surface area contributed by atoms with Gasteiger partial charge in [-0.3, -0.25) is 0 Å². The van der Waals surface area contributed by atoms with Crippen molar-refractivity contribution < 1.29 is 8.78 Å². The highest BCUT2D eigenvalue weighted by Gasteiger charge is 2.09. The third-order valence-electron chi connectivity index (χ3n) is 1.94. The summed E-state index contributed by atoms with van der Waals surface area (Å²) in [6.45, 7) is 4.55. The van der Waals surface area contributed by atoms with E-state index < -0.39 is 11.6 Å². The molecule has 13 heavy (non-hydrogen) atoms. The van der Waals surface area contributed by atoms with Gasteiger partial charge in [-0.25, -0.2) is 8.78 Å². The summed E-state index contributed by atoms with van der Waals surface area (Å²) in [5.41, 5.74) is 0.503. The fraction of sp³-hybridized carbons (Fsp3) is 0.400. The number of hydrogen-bond donors (Lipinski definition) is 1. The van der Waals surface area contributed by atoms with Crippen LogP contribution in [0.25, 0.3) is 0 Å². The molecular weight excluding hydrogens is 172 g/mol. The first kappa shape index (κ1) is 10.1. The second-order valence-electron chi connectivity index (χ2n) is 2.95. The topological polar surface area (TPSA) is 12.0 Å². The molecule has 72 valence electrons. The van der Waals surface area contributed by atoms with Crippen LogP contribution in [0.4, 0.5) is 8.78 Å². The summed E-state index contributed by atoms with van der Waals surface area (Å²) < 4.78 is 25.7. The molecule has 1 aromatic carbocycles. The third kappa shape index (κ3) is 2.49. The lowest BCUT2D eigenvalue weighted by Crippen LogP contribution is -2.18. The Hall–Kier alpha value is -0.960. The highest BCUT2D eigenvalue weighted by molar-refractivity contribution is 5.21. The van der Waals surface area contributed by atoms with Crippen LogP contribution in [0.5, 0.6) is 0 Å². The van der Waals surface area contributed by atoms with Gasteiger partial charge in [0.1, 0.15) is 11.6 Å². The van der Waals surface area contributed by atoms with Gasteiger partial charge in [-0.05, 0) is 19.5 Å². The largest absolute Gasteiger partial charge is 0.310 e. The Balaban J connectivity index is 2.88. The van der Waals surface area contributed by atoms with E-state index >= 15 is 0 Å². The van der Waals surface area contributed by atoms with E-state index in [-0.39, 0.29) is 6.04 Å².